The lowest BCUT2D eigenvalue weighted by Crippen LogP contribution is -2.58. The van der Waals surface area contributed by atoms with E-state index in [1.807, 2.05) is 19.9 Å². The van der Waals surface area contributed by atoms with E-state index >= 15 is 0 Å². The highest BCUT2D eigenvalue weighted by atomic mass is 35.5. The number of amides is 2. The third-order valence-corrected chi connectivity index (χ3v) is 7.59. The Bertz CT molecular complexity index is 1090. The van der Waals surface area contributed by atoms with Gasteiger partial charge in [0.15, 0.2) is 0 Å². The Labute approximate surface area is 209 Å². The summed E-state index contributed by atoms with van der Waals surface area (Å²) in [6.45, 7) is 4.06. The molecule has 0 aromatic heterocycles. The van der Waals surface area contributed by atoms with Crippen LogP contribution in [0.3, 0.4) is 0 Å². The van der Waals surface area contributed by atoms with Crippen LogP contribution < -0.4 is 4.90 Å². The highest BCUT2D eigenvalue weighted by Crippen LogP contribution is 2.54. The Hall–Kier alpha value is -2.68. The zero-order valence-electron chi connectivity index (χ0n) is 19.7. The van der Waals surface area contributed by atoms with Crippen LogP contribution in [0, 0.1) is 17.8 Å². The van der Waals surface area contributed by atoms with Crippen molar-refractivity contribution in [2.24, 2.45) is 17.8 Å². The summed E-state index contributed by atoms with van der Waals surface area (Å²) in [6.07, 6.45) is 6.85. The molecule has 0 aliphatic carbocycles. The van der Waals surface area contributed by atoms with Gasteiger partial charge in [-0.3, -0.25) is 14.4 Å². The van der Waals surface area contributed by atoms with Crippen molar-refractivity contribution in [2.45, 2.75) is 44.1 Å². The summed E-state index contributed by atoms with van der Waals surface area (Å²) >= 11 is 6.06. The summed E-state index contributed by atoms with van der Waals surface area (Å²) in [5.74, 6) is -2.85. The lowest BCUT2D eigenvalue weighted by molar-refractivity contribution is -0.153. The van der Waals surface area contributed by atoms with Crippen molar-refractivity contribution in [3.05, 3.63) is 53.6 Å². The van der Waals surface area contributed by atoms with Gasteiger partial charge in [0.05, 0.1) is 24.7 Å². The number of carbonyl (C=O) groups is 3. The number of aliphatic hydroxyl groups excluding tert-OH is 1. The molecule has 1 aromatic rings. The quantitative estimate of drug-likeness (QED) is 0.492. The molecule has 1 N–H and O–H groups in total. The molecule has 8 nitrogen and oxygen atoms in total. The molecule has 1 aromatic carbocycles. The number of esters is 1. The number of anilines is 1. The summed E-state index contributed by atoms with van der Waals surface area (Å²) in [6, 6.07) is 5.27. The third kappa shape index (κ3) is 3.79. The highest BCUT2D eigenvalue weighted by molar-refractivity contribution is 6.30. The molecule has 9 heteroatoms. The molecule has 0 bridgehead atoms. The van der Waals surface area contributed by atoms with Crippen molar-refractivity contribution in [2.75, 3.05) is 24.7 Å². The Morgan fingerprint density at radius 1 is 1.14 bits per heavy atom. The van der Waals surface area contributed by atoms with Gasteiger partial charge < -0.3 is 24.4 Å². The van der Waals surface area contributed by atoms with E-state index in [1.54, 1.807) is 47.4 Å². The fraction of sp³-hybridized carbons (Fsp3) is 0.500. The Balaban J connectivity index is 1.64. The minimum atomic E-state index is -1.35. The molecule has 4 aliphatic rings. The van der Waals surface area contributed by atoms with Gasteiger partial charge in [0.2, 0.25) is 5.91 Å². The second-order valence-electron chi connectivity index (χ2n) is 9.94. The minimum absolute atomic E-state index is 0.113. The van der Waals surface area contributed by atoms with Crippen LogP contribution >= 0.6 is 11.6 Å². The first-order valence-electron chi connectivity index (χ1n) is 12.0. The second kappa shape index (κ2) is 9.08. The molecule has 0 radical (unpaired) electrons. The topological polar surface area (TPSA) is 96.4 Å². The van der Waals surface area contributed by atoms with Crippen LogP contribution in [0.1, 0.15) is 20.3 Å². The average molecular weight is 501 g/mol. The van der Waals surface area contributed by atoms with E-state index in [1.165, 1.54) is 4.90 Å². The lowest BCUT2D eigenvalue weighted by Gasteiger charge is -2.39. The van der Waals surface area contributed by atoms with E-state index in [2.05, 4.69) is 0 Å². The number of aliphatic hydroxyl groups is 1. The number of fused-ring (bicyclic) bond motifs is 2. The van der Waals surface area contributed by atoms with Gasteiger partial charge in [-0.05, 0) is 42.7 Å². The predicted octanol–water partition coefficient (Wildman–Crippen LogP) is 2.34. The van der Waals surface area contributed by atoms with Gasteiger partial charge in [-0.1, -0.05) is 43.7 Å². The van der Waals surface area contributed by atoms with Crippen molar-refractivity contribution in [1.29, 1.82) is 0 Å². The molecule has 1 unspecified atom stereocenters. The number of rotatable bonds is 5. The first kappa shape index (κ1) is 24.0. The van der Waals surface area contributed by atoms with Gasteiger partial charge in [-0.25, -0.2) is 0 Å². The molecule has 35 heavy (non-hydrogen) atoms. The third-order valence-electron chi connectivity index (χ3n) is 7.34. The van der Waals surface area contributed by atoms with E-state index in [9.17, 15) is 19.5 Å². The first-order valence-corrected chi connectivity index (χ1v) is 12.3. The average Bonchev–Trinajstić information content (AvgIpc) is 3.13. The Morgan fingerprint density at radius 2 is 1.89 bits per heavy atom. The molecule has 186 valence electrons. The zero-order chi connectivity index (χ0) is 24.9. The van der Waals surface area contributed by atoms with Gasteiger partial charge in [0.25, 0.3) is 5.91 Å². The lowest BCUT2D eigenvalue weighted by atomic mass is 9.78. The highest BCUT2D eigenvalue weighted by Gasteiger charge is 2.72. The molecule has 2 fully saturated rings. The van der Waals surface area contributed by atoms with E-state index in [4.69, 9.17) is 21.1 Å². The second-order valence-corrected chi connectivity index (χ2v) is 10.4. The van der Waals surface area contributed by atoms with Crippen molar-refractivity contribution in [1.82, 2.24) is 4.90 Å². The van der Waals surface area contributed by atoms with Gasteiger partial charge in [0.1, 0.15) is 24.2 Å². The van der Waals surface area contributed by atoms with Crippen LogP contribution in [-0.2, 0) is 23.9 Å². The van der Waals surface area contributed by atoms with Crippen molar-refractivity contribution in [3.8, 4) is 0 Å². The van der Waals surface area contributed by atoms with E-state index in [-0.39, 0.29) is 37.5 Å². The Kier molecular flexibility index (Phi) is 6.23. The van der Waals surface area contributed by atoms with E-state index in [0.29, 0.717) is 17.1 Å². The number of likely N-dealkylation sites (tertiary alicyclic amines) is 1. The first-order chi connectivity index (χ1) is 16.8. The molecule has 4 aliphatic heterocycles. The summed E-state index contributed by atoms with van der Waals surface area (Å²) in [5.41, 5.74) is -0.719. The van der Waals surface area contributed by atoms with Gasteiger partial charge in [-0.15, -0.1) is 0 Å². The largest absolute Gasteiger partial charge is 0.461 e. The molecular weight excluding hydrogens is 472 g/mol. The SMILES string of the molecule is CC(C)C[C@H](CO)N1C(=O)[C@@H]2[C@H]3C(=O)OCC=C[C@H]3O[C@@]23C=CCN(c2ccc(Cl)cc2)C(=O)C13. The van der Waals surface area contributed by atoms with Crippen LogP contribution in [0.5, 0.6) is 0 Å². The molecule has 5 rings (SSSR count). The fourth-order valence-electron chi connectivity index (χ4n) is 5.97. The molecule has 2 amide bonds. The summed E-state index contributed by atoms with van der Waals surface area (Å²) < 4.78 is 11.8. The van der Waals surface area contributed by atoms with Gasteiger partial charge >= 0.3 is 5.97 Å². The molecule has 1 spiro atoms. The predicted molar refractivity (Wildman–Crippen MR) is 129 cm³/mol. The number of hydrogen-bond donors (Lipinski definition) is 1. The van der Waals surface area contributed by atoms with Crippen LogP contribution in [0.2, 0.25) is 5.02 Å². The van der Waals surface area contributed by atoms with Gasteiger partial charge in [0, 0.05) is 17.3 Å². The van der Waals surface area contributed by atoms with Crippen molar-refractivity contribution < 1.29 is 29.0 Å². The van der Waals surface area contributed by atoms with E-state index < -0.39 is 41.6 Å². The van der Waals surface area contributed by atoms with Gasteiger partial charge in [-0.2, -0.15) is 0 Å². The fourth-order valence-corrected chi connectivity index (χ4v) is 6.10. The molecule has 4 heterocycles. The molecule has 6 atom stereocenters. The summed E-state index contributed by atoms with van der Waals surface area (Å²) in [7, 11) is 0. The molecule has 0 saturated carbocycles. The standard InChI is InChI=1S/C26H29ClN2O6/c1-15(2)13-18(14-30)29-22-24(32)28(17-8-6-16(27)7-9-17)11-4-10-26(22)21(23(29)31)20-19(35-26)5-3-12-34-25(20)33/h3-10,15,18-22,30H,11-14H2,1-2H3/t18-,19-,20+,21+,22?,26+/m1/s1. The van der Waals surface area contributed by atoms with Crippen LogP contribution in [0.4, 0.5) is 5.69 Å². The van der Waals surface area contributed by atoms with Crippen LogP contribution in [0.25, 0.3) is 0 Å². The van der Waals surface area contributed by atoms with Crippen LogP contribution in [-0.4, -0.2) is 71.3 Å². The maximum atomic E-state index is 14.2. The smallest absolute Gasteiger partial charge is 0.313 e. The number of halogens is 1. The zero-order valence-corrected chi connectivity index (χ0v) is 20.4. The Morgan fingerprint density at radius 3 is 2.57 bits per heavy atom. The monoisotopic (exact) mass is 500 g/mol. The normalized spacial score (nSPS) is 32.8. The number of carbonyl (C=O) groups excluding carboxylic acids is 3. The van der Waals surface area contributed by atoms with Crippen LogP contribution in [0.15, 0.2) is 48.6 Å². The molecule has 2 saturated heterocycles. The summed E-state index contributed by atoms with van der Waals surface area (Å²) in [4.78, 5) is 44.3. The van der Waals surface area contributed by atoms with E-state index in [0.717, 1.165) is 0 Å². The van der Waals surface area contributed by atoms with Crippen molar-refractivity contribution >= 4 is 35.1 Å². The molecular formula is C26H29ClN2O6. The maximum absolute atomic E-state index is 14.2. The number of ether oxygens (including phenoxy) is 2. The van der Waals surface area contributed by atoms with Crippen molar-refractivity contribution in [3.63, 3.8) is 0 Å². The maximum Gasteiger partial charge on any atom is 0.313 e. The minimum Gasteiger partial charge on any atom is -0.461 e. The number of nitrogens with zero attached hydrogens (tertiary/aromatic N) is 2. The number of cyclic esters (lactones) is 1. The number of benzene rings is 1. The summed E-state index contributed by atoms with van der Waals surface area (Å²) in [5, 5.41) is 10.9. The number of hydrogen-bond acceptors (Lipinski definition) is 6.